The minimum Gasteiger partial charge on any atom is -0.480 e. The van der Waals surface area contributed by atoms with Gasteiger partial charge in [0.15, 0.2) is 0 Å². The average molecular weight is 474 g/mol. The van der Waals surface area contributed by atoms with E-state index in [9.17, 15) is 38.4 Å². The number of rotatable bonds is 15. The lowest BCUT2D eigenvalue weighted by Gasteiger charge is -2.21. The van der Waals surface area contributed by atoms with Gasteiger partial charge < -0.3 is 48.9 Å². The largest absolute Gasteiger partial charge is 0.480 e. The van der Waals surface area contributed by atoms with E-state index in [1.807, 2.05) is 5.32 Å². The molecule has 0 aromatic rings. The van der Waals surface area contributed by atoms with Gasteiger partial charge in [-0.15, -0.1) is 0 Å². The number of amides is 7. The van der Waals surface area contributed by atoms with Crippen LogP contribution in [0.2, 0.25) is 0 Å². The third-order valence-electron chi connectivity index (χ3n) is 3.59. The molecule has 0 saturated carbocycles. The van der Waals surface area contributed by atoms with E-state index in [2.05, 4.69) is 21.3 Å². The van der Waals surface area contributed by atoms with Gasteiger partial charge in [0.05, 0.1) is 32.5 Å². The summed E-state index contributed by atoms with van der Waals surface area (Å²) in [5.41, 5.74) is 15.1. The monoisotopic (exact) mass is 474 g/mol. The topological polar surface area (TPSA) is 295 Å². The molecule has 0 aromatic heterocycles. The number of primary amides is 2. The van der Waals surface area contributed by atoms with Gasteiger partial charge in [0, 0.05) is 0 Å². The zero-order chi connectivity index (χ0) is 25.6. The summed E-state index contributed by atoms with van der Waals surface area (Å²) in [5.74, 6) is -7.87. The molecule has 0 saturated heterocycles. The molecule has 0 aliphatic carbocycles. The van der Waals surface area contributed by atoms with Crippen LogP contribution in [0.5, 0.6) is 0 Å². The molecule has 17 heteroatoms. The highest BCUT2D eigenvalue weighted by atomic mass is 16.4. The summed E-state index contributed by atoms with van der Waals surface area (Å²) in [6.07, 6.45) is -1.42. The molecule has 0 unspecified atom stereocenters. The van der Waals surface area contributed by atoms with Crippen LogP contribution in [0.25, 0.3) is 0 Å². The molecule has 12 N–H and O–H groups in total. The molecule has 0 bridgehead atoms. The highest BCUT2D eigenvalue weighted by molar-refractivity contribution is 5.97. The molecular weight excluding hydrogens is 448 g/mol. The predicted octanol–water partition coefficient (Wildman–Crippen LogP) is -6.90. The number of carboxylic acids is 1. The van der Waals surface area contributed by atoms with Crippen LogP contribution in [0.15, 0.2) is 0 Å². The summed E-state index contributed by atoms with van der Waals surface area (Å²) in [6.45, 7) is -2.27. The minimum absolute atomic E-state index is 0.344. The molecule has 0 fully saturated rings. The number of carbonyl (C=O) groups is 8. The third kappa shape index (κ3) is 13.6. The van der Waals surface area contributed by atoms with Gasteiger partial charge in [-0.1, -0.05) is 0 Å². The Morgan fingerprint density at radius 3 is 1.61 bits per heavy atom. The lowest BCUT2D eigenvalue weighted by atomic mass is 10.1. The normalized spacial score (nSPS) is 11.8. The van der Waals surface area contributed by atoms with Crippen LogP contribution in [0, 0.1) is 0 Å². The maximum absolute atomic E-state index is 12.5. The van der Waals surface area contributed by atoms with Crippen molar-refractivity contribution in [2.45, 2.75) is 24.9 Å². The van der Waals surface area contributed by atoms with E-state index >= 15 is 0 Å². The van der Waals surface area contributed by atoms with E-state index in [1.54, 1.807) is 0 Å². The predicted molar refractivity (Wildman–Crippen MR) is 107 cm³/mol. The number of nitrogens with two attached hydrogens (primary N) is 3. The summed E-state index contributed by atoms with van der Waals surface area (Å²) in [7, 11) is 0. The van der Waals surface area contributed by atoms with Crippen LogP contribution >= 0.6 is 0 Å². The quantitative estimate of drug-likeness (QED) is 0.108. The van der Waals surface area contributed by atoms with E-state index in [0.717, 1.165) is 0 Å². The summed E-state index contributed by atoms with van der Waals surface area (Å²) >= 11 is 0. The Morgan fingerprint density at radius 2 is 1.12 bits per heavy atom. The second kappa shape index (κ2) is 14.7. The Morgan fingerprint density at radius 1 is 0.636 bits per heavy atom. The lowest BCUT2D eigenvalue weighted by Crippen LogP contribution is -2.56. The van der Waals surface area contributed by atoms with E-state index in [0.29, 0.717) is 0 Å². The summed E-state index contributed by atoms with van der Waals surface area (Å²) < 4.78 is 0. The number of hydrogen-bond donors (Lipinski definition) is 9. The molecule has 17 nitrogen and oxygen atoms in total. The third-order valence-corrected chi connectivity index (χ3v) is 3.59. The van der Waals surface area contributed by atoms with E-state index < -0.39 is 91.9 Å². The maximum Gasteiger partial charge on any atom is 0.322 e. The van der Waals surface area contributed by atoms with Gasteiger partial charge in [-0.25, -0.2) is 0 Å². The Labute approximate surface area is 186 Å². The van der Waals surface area contributed by atoms with Crippen molar-refractivity contribution < 1.29 is 43.5 Å². The van der Waals surface area contributed by atoms with Crippen molar-refractivity contribution in [1.82, 2.24) is 26.6 Å². The second-order valence-corrected chi connectivity index (χ2v) is 6.39. The van der Waals surface area contributed by atoms with Gasteiger partial charge in [0.25, 0.3) is 0 Å². The molecule has 0 aromatic carbocycles. The van der Waals surface area contributed by atoms with Crippen molar-refractivity contribution in [1.29, 1.82) is 0 Å². The average Bonchev–Trinajstić information content (AvgIpc) is 2.72. The van der Waals surface area contributed by atoms with E-state index in [4.69, 9.17) is 22.3 Å². The highest BCUT2D eigenvalue weighted by Crippen LogP contribution is 1.98. The summed E-state index contributed by atoms with van der Waals surface area (Å²) in [6, 6.07) is -3.21. The van der Waals surface area contributed by atoms with Crippen molar-refractivity contribution >= 4 is 47.3 Å². The SMILES string of the molecule is NCC(=O)NCC(=O)NCC(=O)N[C@@H](CC(N)=O)C(=O)N[C@@H](CC(N)=O)C(=O)NCC(=O)O. The number of aliphatic carboxylic acids is 1. The van der Waals surface area contributed by atoms with Crippen molar-refractivity contribution in [2.75, 3.05) is 26.2 Å². The van der Waals surface area contributed by atoms with Gasteiger partial charge in [0.2, 0.25) is 41.4 Å². The van der Waals surface area contributed by atoms with Crippen molar-refractivity contribution in [3.63, 3.8) is 0 Å². The molecule has 2 atom stereocenters. The van der Waals surface area contributed by atoms with Crippen molar-refractivity contribution in [2.24, 2.45) is 17.2 Å². The molecule has 0 spiro atoms. The number of carboxylic acid groups (broad SMARTS) is 1. The molecule has 7 amide bonds. The van der Waals surface area contributed by atoms with Crippen molar-refractivity contribution in [3.8, 4) is 0 Å². The fourth-order valence-electron chi connectivity index (χ4n) is 2.12. The molecule has 0 radical (unpaired) electrons. The Kier molecular flexibility index (Phi) is 12.8. The first-order valence-corrected chi connectivity index (χ1v) is 9.25. The Hall–Kier alpha value is -4.28. The van der Waals surface area contributed by atoms with Gasteiger partial charge in [-0.2, -0.15) is 0 Å². The molecule has 0 rings (SSSR count). The van der Waals surface area contributed by atoms with E-state index in [1.165, 1.54) is 0 Å². The molecule has 33 heavy (non-hydrogen) atoms. The van der Waals surface area contributed by atoms with Crippen LogP contribution in [0.1, 0.15) is 12.8 Å². The smallest absolute Gasteiger partial charge is 0.322 e. The first kappa shape index (κ1) is 28.7. The van der Waals surface area contributed by atoms with Crippen LogP contribution < -0.4 is 43.8 Å². The highest BCUT2D eigenvalue weighted by Gasteiger charge is 2.29. The first-order valence-electron chi connectivity index (χ1n) is 9.25. The van der Waals surface area contributed by atoms with Crippen LogP contribution in [-0.4, -0.2) is 90.7 Å². The Balaban J connectivity index is 5.06. The summed E-state index contributed by atoms with van der Waals surface area (Å²) in [4.78, 5) is 92.1. The molecule has 0 heterocycles. The lowest BCUT2D eigenvalue weighted by molar-refractivity contribution is -0.139. The van der Waals surface area contributed by atoms with Gasteiger partial charge in [-0.05, 0) is 0 Å². The number of nitrogens with one attached hydrogen (secondary N) is 5. The zero-order valence-electron chi connectivity index (χ0n) is 17.3. The van der Waals surface area contributed by atoms with Crippen LogP contribution in [0.3, 0.4) is 0 Å². The van der Waals surface area contributed by atoms with Crippen LogP contribution in [0.4, 0.5) is 0 Å². The fourth-order valence-corrected chi connectivity index (χ4v) is 2.12. The van der Waals surface area contributed by atoms with Crippen molar-refractivity contribution in [3.05, 3.63) is 0 Å². The Bertz CT molecular complexity index is 801. The second-order valence-electron chi connectivity index (χ2n) is 6.39. The molecule has 0 aliphatic rings. The summed E-state index contributed by atoms with van der Waals surface area (Å²) in [5, 5.41) is 19.0. The zero-order valence-corrected chi connectivity index (χ0v) is 17.3. The van der Waals surface area contributed by atoms with Gasteiger partial charge in [-0.3, -0.25) is 38.4 Å². The van der Waals surface area contributed by atoms with Gasteiger partial charge >= 0.3 is 5.97 Å². The van der Waals surface area contributed by atoms with E-state index in [-0.39, 0.29) is 6.54 Å². The molecule has 184 valence electrons. The van der Waals surface area contributed by atoms with Crippen LogP contribution in [-0.2, 0) is 38.4 Å². The van der Waals surface area contributed by atoms with Gasteiger partial charge in [0.1, 0.15) is 18.6 Å². The molecule has 0 aliphatic heterocycles. The fraction of sp³-hybridized carbons (Fsp3) is 0.500. The maximum atomic E-state index is 12.5. The first-order chi connectivity index (χ1) is 15.3. The standard InChI is InChI=1S/C16H26N8O9/c17-3-11(27)20-4-12(28)21-5-13(29)23-8(2-10(19)26)16(33)24-7(1-9(18)25)15(32)22-6-14(30)31/h7-8H,1-6,17H2,(H2,18,25)(H2,19,26)(H,20,27)(H,21,28)(H,22,32)(H,23,29)(H,24,33)(H,30,31)/t7-,8-/m0/s1. The minimum atomic E-state index is -1.61. The number of hydrogen-bond acceptors (Lipinski definition) is 9. The number of carbonyl (C=O) groups excluding carboxylic acids is 7. The molecular formula is C16H26N8O9.